The minimum atomic E-state index is -0.124. The zero-order valence-corrected chi connectivity index (χ0v) is 12.3. The number of amides is 1. The first-order chi connectivity index (χ1) is 8.59. The molecule has 0 aromatic heterocycles. The molecule has 1 fully saturated rings. The second-order valence-corrected chi connectivity index (χ2v) is 5.56. The van der Waals surface area contributed by atoms with Gasteiger partial charge in [-0.2, -0.15) is 0 Å². The summed E-state index contributed by atoms with van der Waals surface area (Å²) in [5.41, 5.74) is 0.952. The van der Waals surface area contributed by atoms with Gasteiger partial charge in [-0.3, -0.25) is 4.79 Å². The number of halogens is 1. The highest BCUT2D eigenvalue weighted by Crippen LogP contribution is 2.26. The number of piperazine rings is 1. The van der Waals surface area contributed by atoms with Crippen LogP contribution in [0.5, 0.6) is 0 Å². The van der Waals surface area contributed by atoms with E-state index in [0.717, 1.165) is 23.2 Å². The Bertz CT molecular complexity index is 436. The number of anilines is 1. The number of likely N-dealkylation sites (N-methyl/N-ethyl adjacent to an activating group) is 1. The third-order valence-electron chi connectivity index (χ3n) is 2.98. The van der Waals surface area contributed by atoms with Crippen molar-refractivity contribution in [2.24, 2.45) is 0 Å². The average molecular weight is 312 g/mol. The molecule has 1 N–H and O–H groups in total. The van der Waals surface area contributed by atoms with Crippen LogP contribution in [-0.4, -0.2) is 50.6 Å². The fourth-order valence-corrected chi connectivity index (χ4v) is 2.65. The van der Waals surface area contributed by atoms with E-state index in [9.17, 15) is 4.79 Å². The Hall–Kier alpha value is -0.910. The second kappa shape index (κ2) is 5.82. The lowest BCUT2D eigenvalue weighted by Crippen LogP contribution is -2.58. The van der Waals surface area contributed by atoms with Crippen molar-refractivity contribution in [2.45, 2.75) is 6.04 Å². The molecule has 2 rings (SSSR count). The van der Waals surface area contributed by atoms with Crippen molar-refractivity contribution in [3.63, 3.8) is 0 Å². The smallest absolute Gasteiger partial charge is 0.245 e. The Morgan fingerprint density at radius 1 is 1.44 bits per heavy atom. The van der Waals surface area contributed by atoms with Gasteiger partial charge >= 0.3 is 0 Å². The average Bonchev–Trinajstić information content (AvgIpc) is 2.32. The van der Waals surface area contributed by atoms with Crippen molar-refractivity contribution in [3.8, 4) is 0 Å². The summed E-state index contributed by atoms with van der Waals surface area (Å²) in [5.74, 6) is 0.141. The molecule has 1 unspecified atom stereocenters. The maximum absolute atomic E-state index is 12.4. The van der Waals surface area contributed by atoms with Crippen molar-refractivity contribution in [1.29, 1.82) is 0 Å². The van der Waals surface area contributed by atoms with Crippen molar-refractivity contribution in [1.82, 2.24) is 10.2 Å². The van der Waals surface area contributed by atoms with Crippen LogP contribution in [0.1, 0.15) is 0 Å². The molecule has 1 amide bonds. The molecule has 1 heterocycles. The normalized spacial score (nSPS) is 20.6. The zero-order valence-electron chi connectivity index (χ0n) is 10.7. The molecule has 98 valence electrons. The summed E-state index contributed by atoms with van der Waals surface area (Å²) < 4.78 is 0.962. The van der Waals surface area contributed by atoms with Crippen LogP contribution in [0.25, 0.3) is 0 Å². The lowest BCUT2D eigenvalue weighted by molar-refractivity contribution is -0.121. The van der Waals surface area contributed by atoms with Crippen LogP contribution in [0, 0.1) is 0 Å². The highest BCUT2D eigenvalue weighted by Gasteiger charge is 2.30. The molecule has 1 aromatic rings. The van der Waals surface area contributed by atoms with E-state index in [2.05, 4.69) is 21.2 Å². The minimum absolute atomic E-state index is 0.124. The summed E-state index contributed by atoms with van der Waals surface area (Å²) in [6.45, 7) is 2.26. The van der Waals surface area contributed by atoms with E-state index in [1.165, 1.54) is 0 Å². The fourth-order valence-electron chi connectivity index (χ4n) is 2.15. The van der Waals surface area contributed by atoms with Gasteiger partial charge in [-0.25, -0.2) is 0 Å². The second-order valence-electron chi connectivity index (χ2n) is 4.71. The van der Waals surface area contributed by atoms with Gasteiger partial charge in [-0.15, -0.1) is 0 Å². The van der Waals surface area contributed by atoms with Crippen molar-refractivity contribution >= 4 is 27.5 Å². The number of carbonyl (C=O) groups excluding carboxylic acids is 1. The largest absolute Gasteiger partial charge is 0.309 e. The number of hydrogen-bond donors (Lipinski definition) is 1. The lowest BCUT2D eigenvalue weighted by atomic mass is 10.1. The van der Waals surface area contributed by atoms with Crippen molar-refractivity contribution in [2.75, 3.05) is 38.6 Å². The van der Waals surface area contributed by atoms with Crippen LogP contribution < -0.4 is 10.2 Å². The van der Waals surface area contributed by atoms with Crippen molar-refractivity contribution < 1.29 is 4.79 Å². The predicted molar refractivity (Wildman–Crippen MR) is 76.8 cm³/mol. The van der Waals surface area contributed by atoms with E-state index < -0.39 is 0 Å². The summed E-state index contributed by atoms with van der Waals surface area (Å²) in [7, 11) is 3.96. The van der Waals surface area contributed by atoms with E-state index in [1.807, 2.05) is 48.2 Å². The van der Waals surface area contributed by atoms with Gasteiger partial charge in [-0.1, -0.05) is 12.1 Å². The fraction of sp³-hybridized carbons (Fsp3) is 0.462. The summed E-state index contributed by atoms with van der Waals surface area (Å²) in [6.07, 6.45) is 0. The predicted octanol–water partition coefficient (Wildman–Crippen LogP) is 1.32. The standard InChI is InChI=1S/C13H18BrN3O/c1-16(2)9-11-13(18)17(8-7-15-11)12-6-4-3-5-10(12)14/h3-6,11,15H,7-9H2,1-2H3. The molecule has 0 spiro atoms. The maximum atomic E-state index is 12.4. The van der Waals surface area contributed by atoms with Crippen LogP contribution in [0.15, 0.2) is 28.7 Å². The summed E-state index contributed by atoms with van der Waals surface area (Å²) in [5, 5.41) is 3.27. The van der Waals surface area contributed by atoms with Gasteiger partial charge in [0.1, 0.15) is 6.04 Å². The molecule has 4 nitrogen and oxygen atoms in total. The third kappa shape index (κ3) is 2.91. The quantitative estimate of drug-likeness (QED) is 0.914. The number of nitrogens with one attached hydrogen (secondary N) is 1. The molecule has 0 radical (unpaired) electrons. The van der Waals surface area contributed by atoms with E-state index in [1.54, 1.807) is 0 Å². The van der Waals surface area contributed by atoms with E-state index in [4.69, 9.17) is 0 Å². The van der Waals surface area contributed by atoms with Crippen LogP contribution >= 0.6 is 15.9 Å². The van der Waals surface area contributed by atoms with Gasteiger partial charge in [0.15, 0.2) is 0 Å². The maximum Gasteiger partial charge on any atom is 0.245 e. The van der Waals surface area contributed by atoms with Crippen LogP contribution in [0.2, 0.25) is 0 Å². The first kappa shape index (κ1) is 13.5. The van der Waals surface area contributed by atoms with Gasteiger partial charge in [0.25, 0.3) is 0 Å². The first-order valence-corrected chi connectivity index (χ1v) is 6.83. The highest BCUT2D eigenvalue weighted by atomic mass is 79.9. The van der Waals surface area contributed by atoms with E-state index in [-0.39, 0.29) is 11.9 Å². The van der Waals surface area contributed by atoms with Crippen LogP contribution in [-0.2, 0) is 4.79 Å². The molecule has 0 bridgehead atoms. The first-order valence-electron chi connectivity index (χ1n) is 6.03. The van der Waals surface area contributed by atoms with Gasteiger partial charge in [-0.05, 0) is 42.2 Å². The molecular weight excluding hydrogens is 294 g/mol. The lowest BCUT2D eigenvalue weighted by Gasteiger charge is -2.34. The van der Waals surface area contributed by atoms with Gasteiger partial charge in [0.2, 0.25) is 5.91 Å². The monoisotopic (exact) mass is 311 g/mol. The van der Waals surface area contributed by atoms with Gasteiger partial charge < -0.3 is 15.1 Å². The number of hydrogen-bond acceptors (Lipinski definition) is 3. The molecule has 5 heteroatoms. The Kier molecular flexibility index (Phi) is 4.37. The molecule has 1 saturated heterocycles. The molecule has 0 aliphatic carbocycles. The Morgan fingerprint density at radius 3 is 2.83 bits per heavy atom. The third-order valence-corrected chi connectivity index (χ3v) is 3.65. The molecule has 1 aliphatic rings. The Labute approximate surface area is 116 Å². The van der Waals surface area contributed by atoms with E-state index >= 15 is 0 Å². The number of carbonyl (C=O) groups is 1. The summed E-state index contributed by atoms with van der Waals surface area (Å²) in [6, 6.07) is 7.72. The molecule has 1 aromatic carbocycles. The zero-order chi connectivity index (χ0) is 13.1. The molecular formula is C13H18BrN3O. The molecule has 18 heavy (non-hydrogen) atoms. The minimum Gasteiger partial charge on any atom is -0.309 e. The van der Waals surface area contributed by atoms with Crippen LogP contribution in [0.4, 0.5) is 5.69 Å². The van der Waals surface area contributed by atoms with Gasteiger partial charge in [0.05, 0.1) is 5.69 Å². The highest BCUT2D eigenvalue weighted by molar-refractivity contribution is 9.10. The number of rotatable bonds is 3. The Morgan fingerprint density at radius 2 is 2.17 bits per heavy atom. The summed E-state index contributed by atoms with van der Waals surface area (Å²) in [4.78, 5) is 16.3. The number of nitrogens with zero attached hydrogens (tertiary/aromatic N) is 2. The number of benzene rings is 1. The topological polar surface area (TPSA) is 35.6 Å². The molecule has 1 atom stereocenters. The van der Waals surface area contributed by atoms with E-state index in [0.29, 0.717) is 6.54 Å². The molecule has 1 aliphatic heterocycles. The Balaban J connectivity index is 2.19. The van der Waals surface area contributed by atoms with Crippen molar-refractivity contribution in [3.05, 3.63) is 28.7 Å². The number of para-hydroxylation sites is 1. The van der Waals surface area contributed by atoms with Gasteiger partial charge in [0, 0.05) is 24.1 Å². The SMILES string of the molecule is CN(C)CC1NCCN(c2ccccc2Br)C1=O. The van der Waals surface area contributed by atoms with Crippen LogP contribution in [0.3, 0.4) is 0 Å². The molecule has 0 saturated carbocycles. The summed E-state index contributed by atoms with van der Waals surface area (Å²) >= 11 is 3.51.